The summed E-state index contributed by atoms with van der Waals surface area (Å²) in [4.78, 5) is 13.9. The fourth-order valence-corrected chi connectivity index (χ4v) is 2.22. The summed E-state index contributed by atoms with van der Waals surface area (Å²) in [6.45, 7) is 3.76. The molecular weight excluding hydrogens is 282 g/mol. The standard InChI is InChI=1S/C15H21N5O2/c1-10(14-18-16-9-19(14)3)17-15(22)20(4)11(2)12-6-5-7-13(21)8-12/h5-11,21H,1-4H3,(H,17,22). The van der Waals surface area contributed by atoms with E-state index < -0.39 is 0 Å². The minimum atomic E-state index is -0.251. The van der Waals surface area contributed by atoms with Crippen molar-refractivity contribution in [3.8, 4) is 5.75 Å². The predicted molar refractivity (Wildman–Crippen MR) is 82.2 cm³/mol. The zero-order valence-corrected chi connectivity index (χ0v) is 13.2. The Kier molecular flexibility index (Phi) is 4.65. The SMILES string of the molecule is CC(NC(=O)N(C)C(C)c1cccc(O)c1)c1nncn1C. The van der Waals surface area contributed by atoms with Crippen molar-refractivity contribution >= 4 is 6.03 Å². The van der Waals surface area contributed by atoms with Crippen LogP contribution in [0.15, 0.2) is 30.6 Å². The van der Waals surface area contributed by atoms with Crippen molar-refractivity contribution in [3.63, 3.8) is 0 Å². The molecule has 0 aliphatic heterocycles. The van der Waals surface area contributed by atoms with Crippen LogP contribution in [-0.2, 0) is 7.05 Å². The molecule has 0 bridgehead atoms. The van der Waals surface area contributed by atoms with Gasteiger partial charge in [-0.25, -0.2) is 4.79 Å². The van der Waals surface area contributed by atoms with Crippen molar-refractivity contribution in [1.82, 2.24) is 25.0 Å². The Hall–Kier alpha value is -2.57. The Morgan fingerprint density at radius 1 is 1.41 bits per heavy atom. The maximum absolute atomic E-state index is 12.4. The molecule has 22 heavy (non-hydrogen) atoms. The van der Waals surface area contributed by atoms with E-state index in [1.54, 1.807) is 41.0 Å². The van der Waals surface area contributed by atoms with Crippen LogP contribution < -0.4 is 5.32 Å². The topological polar surface area (TPSA) is 83.3 Å². The fraction of sp³-hybridized carbons (Fsp3) is 0.400. The van der Waals surface area contributed by atoms with Crippen molar-refractivity contribution in [2.75, 3.05) is 7.05 Å². The molecule has 2 amide bonds. The van der Waals surface area contributed by atoms with E-state index >= 15 is 0 Å². The van der Waals surface area contributed by atoms with Crippen LogP contribution in [0.2, 0.25) is 0 Å². The average molecular weight is 303 g/mol. The maximum Gasteiger partial charge on any atom is 0.318 e. The van der Waals surface area contributed by atoms with Crippen LogP contribution in [0.1, 0.15) is 37.3 Å². The number of aromatic nitrogens is 3. The summed E-state index contributed by atoms with van der Waals surface area (Å²) in [6.07, 6.45) is 1.59. The summed E-state index contributed by atoms with van der Waals surface area (Å²) in [5.41, 5.74) is 0.865. The lowest BCUT2D eigenvalue weighted by molar-refractivity contribution is 0.190. The molecular formula is C15H21N5O2. The number of hydrogen-bond acceptors (Lipinski definition) is 4. The minimum Gasteiger partial charge on any atom is -0.508 e. The Bertz CT molecular complexity index is 655. The summed E-state index contributed by atoms with van der Waals surface area (Å²) in [7, 11) is 3.55. The number of phenols is 1. The van der Waals surface area contributed by atoms with Gasteiger partial charge in [0, 0.05) is 14.1 Å². The van der Waals surface area contributed by atoms with Gasteiger partial charge in [0.05, 0.1) is 12.1 Å². The van der Waals surface area contributed by atoms with Crippen LogP contribution in [-0.4, -0.2) is 37.8 Å². The van der Waals surface area contributed by atoms with Gasteiger partial charge in [-0.1, -0.05) is 12.1 Å². The van der Waals surface area contributed by atoms with Crippen molar-refractivity contribution < 1.29 is 9.90 Å². The van der Waals surface area contributed by atoms with Gasteiger partial charge in [0.25, 0.3) is 0 Å². The van der Waals surface area contributed by atoms with Gasteiger partial charge < -0.3 is 19.9 Å². The first-order chi connectivity index (χ1) is 10.4. The lowest BCUT2D eigenvalue weighted by atomic mass is 10.1. The summed E-state index contributed by atoms with van der Waals surface area (Å²) < 4.78 is 1.77. The van der Waals surface area contributed by atoms with E-state index in [0.29, 0.717) is 5.82 Å². The highest BCUT2D eigenvalue weighted by molar-refractivity contribution is 5.74. The zero-order chi connectivity index (χ0) is 16.3. The van der Waals surface area contributed by atoms with Crippen molar-refractivity contribution in [2.24, 2.45) is 7.05 Å². The Balaban J connectivity index is 2.04. The predicted octanol–water partition coefficient (Wildman–Crippen LogP) is 1.98. The number of nitrogens with one attached hydrogen (secondary N) is 1. The number of nitrogens with zero attached hydrogens (tertiary/aromatic N) is 4. The van der Waals surface area contributed by atoms with Crippen molar-refractivity contribution in [3.05, 3.63) is 42.0 Å². The maximum atomic E-state index is 12.4. The van der Waals surface area contributed by atoms with Crippen LogP contribution in [0.3, 0.4) is 0 Å². The van der Waals surface area contributed by atoms with Crippen LogP contribution in [0.25, 0.3) is 0 Å². The number of amides is 2. The molecule has 2 aromatic rings. The second kappa shape index (κ2) is 6.46. The number of benzene rings is 1. The third kappa shape index (κ3) is 3.36. The first-order valence-corrected chi connectivity index (χ1v) is 7.06. The molecule has 0 saturated heterocycles. The number of phenolic OH excluding ortho intramolecular Hbond substituents is 1. The normalized spacial score (nSPS) is 13.5. The third-order valence-corrected chi connectivity index (χ3v) is 3.73. The monoisotopic (exact) mass is 303 g/mol. The molecule has 2 atom stereocenters. The first kappa shape index (κ1) is 15.8. The molecule has 7 nitrogen and oxygen atoms in total. The van der Waals surface area contributed by atoms with Crippen LogP contribution in [0, 0.1) is 0 Å². The van der Waals surface area contributed by atoms with Gasteiger partial charge in [-0.15, -0.1) is 10.2 Å². The third-order valence-electron chi connectivity index (χ3n) is 3.73. The quantitative estimate of drug-likeness (QED) is 0.904. The number of aryl methyl sites for hydroxylation is 1. The zero-order valence-electron chi connectivity index (χ0n) is 13.2. The molecule has 0 saturated carbocycles. The molecule has 0 aliphatic carbocycles. The molecule has 1 aromatic carbocycles. The van der Waals surface area contributed by atoms with E-state index in [1.807, 2.05) is 27.0 Å². The molecule has 0 spiro atoms. The Labute approximate surface area is 129 Å². The fourth-order valence-electron chi connectivity index (χ4n) is 2.22. The molecule has 0 fully saturated rings. The van der Waals surface area contributed by atoms with E-state index in [4.69, 9.17) is 0 Å². The van der Waals surface area contributed by atoms with Gasteiger partial charge >= 0.3 is 6.03 Å². The molecule has 2 N–H and O–H groups in total. The van der Waals surface area contributed by atoms with Gasteiger partial charge in [-0.2, -0.15) is 0 Å². The second-order valence-corrected chi connectivity index (χ2v) is 5.35. The molecule has 1 aromatic heterocycles. The summed E-state index contributed by atoms with van der Waals surface area (Å²) >= 11 is 0. The molecule has 2 unspecified atom stereocenters. The van der Waals surface area contributed by atoms with E-state index in [9.17, 15) is 9.90 Å². The molecule has 7 heteroatoms. The largest absolute Gasteiger partial charge is 0.508 e. The van der Waals surface area contributed by atoms with Crippen molar-refractivity contribution in [2.45, 2.75) is 25.9 Å². The van der Waals surface area contributed by atoms with Crippen LogP contribution in [0.4, 0.5) is 4.79 Å². The molecule has 0 radical (unpaired) electrons. The van der Waals surface area contributed by atoms with Gasteiger partial charge in [0.2, 0.25) is 0 Å². The van der Waals surface area contributed by atoms with E-state index in [0.717, 1.165) is 5.56 Å². The number of rotatable bonds is 4. The van der Waals surface area contributed by atoms with Crippen LogP contribution >= 0.6 is 0 Å². The highest BCUT2D eigenvalue weighted by Gasteiger charge is 2.21. The molecule has 2 rings (SSSR count). The Morgan fingerprint density at radius 3 is 2.73 bits per heavy atom. The number of carbonyl (C=O) groups is 1. The average Bonchev–Trinajstić information content (AvgIpc) is 2.91. The minimum absolute atomic E-state index is 0.168. The smallest absolute Gasteiger partial charge is 0.318 e. The lowest BCUT2D eigenvalue weighted by Gasteiger charge is -2.27. The highest BCUT2D eigenvalue weighted by atomic mass is 16.3. The van der Waals surface area contributed by atoms with Crippen molar-refractivity contribution in [1.29, 1.82) is 0 Å². The van der Waals surface area contributed by atoms with E-state index in [-0.39, 0.29) is 23.9 Å². The summed E-state index contributed by atoms with van der Waals surface area (Å²) in [5.74, 6) is 0.873. The molecule has 0 aliphatic rings. The lowest BCUT2D eigenvalue weighted by Crippen LogP contribution is -2.40. The molecule has 118 valence electrons. The van der Waals surface area contributed by atoms with E-state index in [1.165, 1.54) is 0 Å². The number of hydrogen-bond donors (Lipinski definition) is 2. The summed E-state index contributed by atoms with van der Waals surface area (Å²) in [6, 6.07) is 6.26. The molecule has 1 heterocycles. The van der Waals surface area contributed by atoms with Gasteiger partial charge in [-0.3, -0.25) is 0 Å². The van der Waals surface area contributed by atoms with Crippen LogP contribution in [0.5, 0.6) is 5.75 Å². The van der Waals surface area contributed by atoms with E-state index in [2.05, 4.69) is 15.5 Å². The Morgan fingerprint density at radius 2 is 2.14 bits per heavy atom. The highest BCUT2D eigenvalue weighted by Crippen LogP contribution is 2.22. The van der Waals surface area contributed by atoms with Gasteiger partial charge in [-0.05, 0) is 31.5 Å². The second-order valence-electron chi connectivity index (χ2n) is 5.35. The first-order valence-electron chi connectivity index (χ1n) is 7.06. The number of carbonyl (C=O) groups excluding carboxylic acids is 1. The van der Waals surface area contributed by atoms with Gasteiger partial charge in [0.15, 0.2) is 5.82 Å². The number of aromatic hydroxyl groups is 1. The van der Waals surface area contributed by atoms with Gasteiger partial charge in [0.1, 0.15) is 12.1 Å². The summed E-state index contributed by atoms with van der Waals surface area (Å²) in [5, 5.41) is 20.2. The number of urea groups is 1.